The van der Waals surface area contributed by atoms with E-state index in [0.717, 1.165) is 51.4 Å². The first-order chi connectivity index (χ1) is 36.0. The molecule has 430 valence electrons. The van der Waals surface area contributed by atoms with Crippen molar-refractivity contribution in [2.45, 2.75) is 366 Å². The average molecular weight is 1030 g/mol. The number of rotatable bonds is 61. The zero-order chi connectivity index (χ0) is 52.9. The third-order valence-corrected chi connectivity index (χ3v) is 15.2. The lowest BCUT2D eigenvalue weighted by Gasteiger charge is -2.20. The zero-order valence-corrected chi connectivity index (χ0v) is 49.1. The van der Waals surface area contributed by atoms with Crippen LogP contribution < -0.4 is 5.32 Å². The Morgan fingerprint density at radius 3 is 1.05 bits per heavy atom. The predicted molar refractivity (Wildman–Crippen MR) is 319 cm³/mol. The van der Waals surface area contributed by atoms with Gasteiger partial charge < -0.3 is 20.3 Å². The van der Waals surface area contributed by atoms with Crippen LogP contribution in [0.1, 0.15) is 354 Å². The van der Waals surface area contributed by atoms with Crippen LogP contribution in [0.2, 0.25) is 0 Å². The third-order valence-electron chi connectivity index (χ3n) is 15.2. The van der Waals surface area contributed by atoms with Gasteiger partial charge in [-0.25, -0.2) is 0 Å². The van der Waals surface area contributed by atoms with Gasteiger partial charge in [0.05, 0.1) is 25.4 Å². The molecule has 0 aliphatic carbocycles. The van der Waals surface area contributed by atoms with Crippen LogP contribution in [-0.2, 0) is 14.3 Å². The molecule has 1 amide bonds. The van der Waals surface area contributed by atoms with E-state index in [4.69, 9.17) is 4.74 Å². The quantitative estimate of drug-likeness (QED) is 0.0320. The van der Waals surface area contributed by atoms with Crippen molar-refractivity contribution in [1.82, 2.24) is 5.32 Å². The van der Waals surface area contributed by atoms with E-state index in [0.29, 0.717) is 19.4 Å². The molecule has 2 atom stereocenters. The molecule has 0 aromatic heterocycles. The first-order valence-electron chi connectivity index (χ1n) is 32.8. The van der Waals surface area contributed by atoms with Gasteiger partial charge in [0, 0.05) is 12.8 Å². The van der Waals surface area contributed by atoms with Crippen molar-refractivity contribution in [2.24, 2.45) is 0 Å². The number of ether oxygens (including phenoxy) is 1. The molecule has 6 nitrogen and oxygen atoms in total. The van der Waals surface area contributed by atoms with E-state index in [2.05, 4.69) is 43.5 Å². The van der Waals surface area contributed by atoms with Crippen LogP contribution in [0, 0.1) is 0 Å². The molecule has 0 aromatic rings. The van der Waals surface area contributed by atoms with Crippen molar-refractivity contribution in [3.05, 3.63) is 36.5 Å². The number of unbranched alkanes of at least 4 members (excludes halogenated alkanes) is 46. The smallest absolute Gasteiger partial charge is 0.305 e. The number of esters is 1. The van der Waals surface area contributed by atoms with Crippen LogP contribution in [-0.4, -0.2) is 47.4 Å². The molecule has 2 unspecified atom stereocenters. The van der Waals surface area contributed by atoms with E-state index in [1.807, 2.05) is 6.08 Å². The second-order valence-corrected chi connectivity index (χ2v) is 22.5. The van der Waals surface area contributed by atoms with Crippen molar-refractivity contribution >= 4 is 11.9 Å². The Bertz CT molecular complexity index is 1180. The highest BCUT2D eigenvalue weighted by Crippen LogP contribution is 2.18. The minimum absolute atomic E-state index is 0.00437. The van der Waals surface area contributed by atoms with Gasteiger partial charge in [-0.3, -0.25) is 9.59 Å². The maximum absolute atomic E-state index is 12.5. The molecule has 0 bridgehead atoms. The van der Waals surface area contributed by atoms with Gasteiger partial charge in [0.2, 0.25) is 5.91 Å². The number of nitrogens with one attached hydrogen (secondary N) is 1. The SMILES string of the molecule is CCCCCC/C=C\C/C=C\CCCCCCCCCC(=O)OCCCCCCCCCCCCCCCCCCCCCCCC(=O)NC(CO)C(O)/C=C/CCCCCCCCCCCCCCCCC. The zero-order valence-electron chi connectivity index (χ0n) is 49.1. The first-order valence-corrected chi connectivity index (χ1v) is 32.8. The Labute approximate surface area is 455 Å². The Balaban J connectivity index is 3.41. The Kier molecular flexibility index (Phi) is 61.0. The summed E-state index contributed by atoms with van der Waals surface area (Å²) in [6.45, 7) is 4.90. The first kappa shape index (κ1) is 71.1. The van der Waals surface area contributed by atoms with Crippen LogP contribution in [0.25, 0.3) is 0 Å². The summed E-state index contributed by atoms with van der Waals surface area (Å²) in [5.74, 6) is -0.0625. The van der Waals surface area contributed by atoms with Crippen LogP contribution in [0.15, 0.2) is 36.5 Å². The molecule has 0 saturated heterocycles. The summed E-state index contributed by atoms with van der Waals surface area (Å²) >= 11 is 0. The van der Waals surface area contributed by atoms with Crippen molar-refractivity contribution in [3.8, 4) is 0 Å². The molecule has 3 N–H and O–H groups in total. The summed E-state index contributed by atoms with van der Waals surface area (Å²) in [6, 6.07) is -0.629. The van der Waals surface area contributed by atoms with Crippen LogP contribution >= 0.6 is 0 Å². The molecule has 6 heteroatoms. The Morgan fingerprint density at radius 1 is 0.384 bits per heavy atom. The molecule has 0 fully saturated rings. The number of hydrogen-bond acceptors (Lipinski definition) is 5. The van der Waals surface area contributed by atoms with Crippen molar-refractivity contribution < 1.29 is 24.5 Å². The minimum atomic E-state index is -0.846. The molecule has 0 radical (unpaired) electrons. The molecular weight excluding hydrogens is 899 g/mol. The standard InChI is InChI=1S/C67H127NO5/c1-3-5-7-9-11-13-15-17-19-21-29-33-37-41-45-49-53-57-61-67(72)73-62-58-54-50-46-42-38-34-30-26-24-22-23-25-28-32-36-40-44-48-52-56-60-66(71)68-64(63-69)65(70)59-55-51-47-43-39-35-31-27-20-18-16-14-12-10-8-6-4-2/h13,15,19,21,55,59,64-65,69-70H,3-12,14,16-18,20,22-54,56-58,60-63H2,1-2H3,(H,68,71)/b15-13-,21-19-,59-55+. The Hall–Kier alpha value is -1.92. The van der Waals surface area contributed by atoms with Gasteiger partial charge >= 0.3 is 5.97 Å². The fourth-order valence-corrected chi connectivity index (χ4v) is 10.1. The largest absolute Gasteiger partial charge is 0.466 e. The molecule has 0 heterocycles. The molecule has 0 saturated carbocycles. The van der Waals surface area contributed by atoms with Crippen molar-refractivity contribution in [3.63, 3.8) is 0 Å². The van der Waals surface area contributed by atoms with Gasteiger partial charge in [-0.2, -0.15) is 0 Å². The van der Waals surface area contributed by atoms with Crippen LogP contribution in [0.3, 0.4) is 0 Å². The Morgan fingerprint density at radius 2 is 0.685 bits per heavy atom. The third kappa shape index (κ3) is 59.2. The molecule has 0 aromatic carbocycles. The summed E-state index contributed by atoms with van der Waals surface area (Å²) in [6.07, 6.45) is 79.0. The van der Waals surface area contributed by atoms with Crippen molar-refractivity contribution in [1.29, 1.82) is 0 Å². The highest BCUT2D eigenvalue weighted by atomic mass is 16.5. The number of amides is 1. The summed E-state index contributed by atoms with van der Waals surface area (Å²) in [5, 5.41) is 23.2. The lowest BCUT2D eigenvalue weighted by atomic mass is 10.0. The molecule has 0 spiro atoms. The molecular formula is C67H127NO5. The number of carbonyl (C=O) groups excluding carboxylic acids is 2. The lowest BCUT2D eigenvalue weighted by Crippen LogP contribution is -2.45. The normalized spacial score (nSPS) is 12.8. The topological polar surface area (TPSA) is 95.9 Å². The maximum Gasteiger partial charge on any atom is 0.305 e. The maximum atomic E-state index is 12.5. The van der Waals surface area contributed by atoms with Crippen LogP contribution in [0.5, 0.6) is 0 Å². The van der Waals surface area contributed by atoms with Crippen LogP contribution in [0.4, 0.5) is 0 Å². The van der Waals surface area contributed by atoms with E-state index in [1.165, 1.54) is 276 Å². The molecule has 73 heavy (non-hydrogen) atoms. The highest BCUT2D eigenvalue weighted by molar-refractivity contribution is 5.76. The van der Waals surface area contributed by atoms with Gasteiger partial charge in [-0.05, 0) is 64.2 Å². The van der Waals surface area contributed by atoms with E-state index in [1.54, 1.807) is 6.08 Å². The van der Waals surface area contributed by atoms with Gasteiger partial charge in [-0.1, -0.05) is 314 Å². The number of allylic oxidation sites excluding steroid dienone is 5. The monoisotopic (exact) mass is 1030 g/mol. The second-order valence-electron chi connectivity index (χ2n) is 22.5. The summed E-state index contributed by atoms with van der Waals surface area (Å²) in [4.78, 5) is 24.6. The minimum Gasteiger partial charge on any atom is -0.466 e. The van der Waals surface area contributed by atoms with Gasteiger partial charge in [-0.15, -0.1) is 0 Å². The molecule has 0 rings (SSSR count). The molecule has 0 aliphatic heterocycles. The van der Waals surface area contributed by atoms with E-state index < -0.39 is 12.1 Å². The van der Waals surface area contributed by atoms with E-state index >= 15 is 0 Å². The predicted octanol–water partition coefficient (Wildman–Crippen LogP) is 20.8. The van der Waals surface area contributed by atoms with E-state index in [-0.39, 0.29) is 18.5 Å². The molecule has 0 aliphatic rings. The fraction of sp³-hybridized carbons (Fsp3) is 0.881. The van der Waals surface area contributed by atoms with Gasteiger partial charge in [0.25, 0.3) is 0 Å². The van der Waals surface area contributed by atoms with Gasteiger partial charge in [0.15, 0.2) is 0 Å². The summed E-state index contributed by atoms with van der Waals surface area (Å²) < 4.78 is 5.50. The fourth-order valence-electron chi connectivity index (χ4n) is 10.1. The number of carbonyl (C=O) groups is 2. The van der Waals surface area contributed by atoms with Gasteiger partial charge in [0.1, 0.15) is 0 Å². The summed E-state index contributed by atoms with van der Waals surface area (Å²) in [7, 11) is 0. The second kappa shape index (κ2) is 62.6. The van der Waals surface area contributed by atoms with E-state index in [9.17, 15) is 19.8 Å². The van der Waals surface area contributed by atoms with Crippen molar-refractivity contribution in [2.75, 3.05) is 13.2 Å². The summed E-state index contributed by atoms with van der Waals surface area (Å²) in [5.41, 5.74) is 0. The lowest BCUT2D eigenvalue weighted by molar-refractivity contribution is -0.143. The number of hydrogen-bond donors (Lipinski definition) is 3. The number of aliphatic hydroxyl groups excluding tert-OH is 2. The highest BCUT2D eigenvalue weighted by Gasteiger charge is 2.18. The average Bonchev–Trinajstić information content (AvgIpc) is 3.39. The number of aliphatic hydroxyl groups is 2.